The van der Waals surface area contributed by atoms with Gasteiger partial charge in [0.25, 0.3) is 0 Å². The quantitative estimate of drug-likeness (QED) is 0.279. The fourth-order valence-corrected chi connectivity index (χ4v) is 0.0319. The van der Waals surface area contributed by atoms with E-state index in [4.69, 9.17) is 0 Å². The maximum absolute atomic E-state index is 10.6. The van der Waals surface area contributed by atoms with E-state index in [2.05, 4.69) is 5.32 Å². The molecular formula is C2H4F2LiN. The Morgan fingerprint density at radius 1 is 1.17 bits per heavy atom. The Balaban J connectivity index is 0. The molecule has 0 aliphatic carbocycles. The van der Waals surface area contributed by atoms with Crippen molar-refractivity contribution in [1.82, 2.24) is 0 Å². The van der Waals surface area contributed by atoms with E-state index in [0.717, 1.165) is 0 Å². The van der Waals surface area contributed by atoms with Gasteiger partial charge in [0.2, 0.25) is 0 Å². The van der Waals surface area contributed by atoms with Crippen LogP contribution in [0.1, 0.15) is 0 Å². The van der Waals surface area contributed by atoms with E-state index >= 15 is 0 Å². The van der Waals surface area contributed by atoms with Crippen LogP contribution in [-0.2, 0) is 0 Å². The molecule has 4 heteroatoms. The van der Waals surface area contributed by atoms with Crippen molar-refractivity contribution < 1.29 is 27.6 Å². The average molecular weight is 87.0 g/mol. The number of halogens is 2. The molecule has 0 atom stereocenters. The first kappa shape index (κ1) is 9.65. The first-order chi connectivity index (χ1) is 2.41. The van der Waals surface area contributed by atoms with Crippen molar-refractivity contribution in [1.29, 1.82) is 0 Å². The summed E-state index contributed by atoms with van der Waals surface area (Å²) in [6.45, 7) is -1.81. The van der Waals surface area contributed by atoms with E-state index in [-0.39, 0.29) is 18.9 Å². The van der Waals surface area contributed by atoms with E-state index in [0.29, 0.717) is 0 Å². The van der Waals surface area contributed by atoms with Gasteiger partial charge in [-0.2, -0.15) is 0 Å². The third-order valence-electron chi connectivity index (χ3n) is 0.169. The SMILES string of the molecule is FC[N-]CF.[Li+]. The van der Waals surface area contributed by atoms with Gasteiger partial charge in [-0.05, 0) is 0 Å². The summed E-state index contributed by atoms with van der Waals surface area (Å²) in [7, 11) is 0. The van der Waals surface area contributed by atoms with Crippen molar-refractivity contribution in [3.63, 3.8) is 0 Å². The Morgan fingerprint density at radius 3 is 1.50 bits per heavy atom. The fourth-order valence-electron chi connectivity index (χ4n) is 0.0319. The molecule has 1 nitrogen and oxygen atoms in total. The minimum atomic E-state index is -0.906. The molecule has 0 aromatic heterocycles. The summed E-state index contributed by atoms with van der Waals surface area (Å²) in [6.07, 6.45) is 0. The van der Waals surface area contributed by atoms with Gasteiger partial charge in [-0.1, -0.05) is 0 Å². The molecule has 0 unspecified atom stereocenters. The standard InChI is InChI=1S/C2H4F2N.Li/c3-1-5-2-4;/h1-2H2;/q-1;+1. The molecule has 0 aliphatic heterocycles. The van der Waals surface area contributed by atoms with E-state index in [1.165, 1.54) is 0 Å². The van der Waals surface area contributed by atoms with Crippen molar-refractivity contribution in [2.75, 3.05) is 13.6 Å². The van der Waals surface area contributed by atoms with Crippen LogP contribution < -0.4 is 18.9 Å². The summed E-state index contributed by atoms with van der Waals surface area (Å²) < 4.78 is 21.2. The van der Waals surface area contributed by atoms with Crippen LogP contribution in [0.15, 0.2) is 0 Å². The summed E-state index contributed by atoms with van der Waals surface area (Å²) in [4.78, 5) is 0. The average Bonchev–Trinajstić information content (AvgIpc) is 1.41. The van der Waals surface area contributed by atoms with Crippen LogP contribution in [-0.4, -0.2) is 13.6 Å². The second-order valence-corrected chi connectivity index (χ2v) is 0.463. The molecule has 0 aromatic carbocycles. The first-order valence-electron chi connectivity index (χ1n) is 1.17. The van der Waals surface area contributed by atoms with Crippen LogP contribution in [0, 0.1) is 0 Å². The number of rotatable bonds is 2. The Bertz CT molecular complexity index is 19.0. The molecule has 0 amide bonds. The predicted molar refractivity (Wildman–Crippen MR) is 15.3 cm³/mol. The predicted octanol–water partition coefficient (Wildman–Crippen LogP) is -1.78. The van der Waals surface area contributed by atoms with Crippen molar-refractivity contribution in [3.8, 4) is 0 Å². The molecule has 0 aliphatic rings. The van der Waals surface area contributed by atoms with Gasteiger partial charge >= 0.3 is 18.9 Å². The zero-order valence-corrected chi connectivity index (χ0v) is 3.62. The molecule has 0 heterocycles. The number of nitrogens with zero attached hydrogens (tertiary/aromatic N) is 1. The van der Waals surface area contributed by atoms with Crippen molar-refractivity contribution in [2.24, 2.45) is 0 Å². The van der Waals surface area contributed by atoms with Gasteiger partial charge in [0.1, 0.15) is 0 Å². The summed E-state index contributed by atoms with van der Waals surface area (Å²) in [6, 6.07) is 0. The van der Waals surface area contributed by atoms with E-state index in [1.807, 2.05) is 0 Å². The monoisotopic (exact) mass is 87.0 g/mol. The van der Waals surface area contributed by atoms with Gasteiger partial charge in [0, 0.05) is 13.6 Å². The molecule has 0 spiro atoms. The first-order valence-corrected chi connectivity index (χ1v) is 1.17. The Kier molecular flexibility index (Phi) is 14.6. The third-order valence-corrected chi connectivity index (χ3v) is 0.169. The Hall–Kier alpha value is 0.417. The maximum atomic E-state index is 10.6. The van der Waals surface area contributed by atoms with Crippen molar-refractivity contribution in [2.45, 2.75) is 0 Å². The van der Waals surface area contributed by atoms with Gasteiger partial charge in [0.05, 0.1) is 0 Å². The van der Waals surface area contributed by atoms with Crippen LogP contribution in [0.5, 0.6) is 0 Å². The molecular weight excluding hydrogens is 83.0 g/mol. The van der Waals surface area contributed by atoms with E-state index < -0.39 is 13.6 Å². The van der Waals surface area contributed by atoms with Gasteiger partial charge in [-0.25, -0.2) is 0 Å². The van der Waals surface area contributed by atoms with E-state index in [1.54, 1.807) is 0 Å². The smallest absolute Gasteiger partial charge is 0.608 e. The summed E-state index contributed by atoms with van der Waals surface area (Å²) in [5, 5.41) is 2.64. The zero-order chi connectivity index (χ0) is 4.12. The molecule has 0 rings (SSSR count). The molecule has 0 radical (unpaired) electrons. The second kappa shape index (κ2) is 9.05. The van der Waals surface area contributed by atoms with Crippen LogP contribution >= 0.6 is 0 Å². The molecule has 0 N–H and O–H groups in total. The normalized spacial score (nSPS) is 7.00. The van der Waals surface area contributed by atoms with Gasteiger partial charge in [-0.3, -0.25) is 8.78 Å². The molecule has 32 valence electrons. The van der Waals surface area contributed by atoms with E-state index in [9.17, 15) is 8.78 Å². The van der Waals surface area contributed by atoms with Gasteiger partial charge in [0.15, 0.2) is 0 Å². The minimum Gasteiger partial charge on any atom is -0.608 e. The van der Waals surface area contributed by atoms with Crippen LogP contribution in [0.3, 0.4) is 0 Å². The molecule has 0 aromatic rings. The van der Waals surface area contributed by atoms with Crippen molar-refractivity contribution in [3.05, 3.63) is 5.32 Å². The minimum absolute atomic E-state index is 0. The Labute approximate surface area is 47.3 Å². The summed E-state index contributed by atoms with van der Waals surface area (Å²) in [5.41, 5.74) is 0. The van der Waals surface area contributed by atoms with Crippen LogP contribution in [0.4, 0.5) is 8.78 Å². The number of hydrogen-bond acceptors (Lipinski definition) is 0. The molecule has 6 heavy (non-hydrogen) atoms. The molecule has 0 saturated carbocycles. The van der Waals surface area contributed by atoms with Crippen molar-refractivity contribution >= 4 is 0 Å². The number of alkyl halides is 2. The second-order valence-electron chi connectivity index (χ2n) is 0.463. The van der Waals surface area contributed by atoms with Crippen LogP contribution in [0.25, 0.3) is 5.32 Å². The number of hydrogen-bond donors (Lipinski definition) is 0. The zero-order valence-electron chi connectivity index (χ0n) is 3.62. The molecule has 0 fully saturated rings. The Morgan fingerprint density at radius 2 is 1.50 bits per heavy atom. The largest absolute Gasteiger partial charge is 1.00 e. The molecule has 0 saturated heterocycles. The van der Waals surface area contributed by atoms with Gasteiger partial charge < -0.3 is 5.32 Å². The maximum Gasteiger partial charge on any atom is 1.00 e. The summed E-state index contributed by atoms with van der Waals surface area (Å²) in [5.74, 6) is 0. The van der Waals surface area contributed by atoms with Crippen LogP contribution in [0.2, 0.25) is 0 Å². The third kappa shape index (κ3) is 8.83. The topological polar surface area (TPSA) is 14.1 Å². The summed E-state index contributed by atoms with van der Waals surface area (Å²) >= 11 is 0. The fraction of sp³-hybridized carbons (Fsp3) is 1.00. The van der Waals surface area contributed by atoms with Gasteiger partial charge in [-0.15, -0.1) is 0 Å². The molecule has 0 bridgehead atoms.